The first-order chi connectivity index (χ1) is 8.60. The molecule has 1 aliphatic carbocycles. The van der Waals surface area contributed by atoms with Gasteiger partial charge in [0.15, 0.2) is 0 Å². The quantitative estimate of drug-likeness (QED) is 0.890. The summed E-state index contributed by atoms with van der Waals surface area (Å²) in [5.74, 6) is 0.456. The number of nitrogens with two attached hydrogens (primary N) is 1. The van der Waals surface area contributed by atoms with Crippen molar-refractivity contribution in [3.05, 3.63) is 16.1 Å². The van der Waals surface area contributed by atoms with Crippen LogP contribution >= 0.6 is 11.3 Å². The maximum Gasteiger partial charge on any atom is 0.125 e. The van der Waals surface area contributed by atoms with E-state index in [0.717, 1.165) is 24.5 Å². The molecular weight excluding hydrogens is 244 g/mol. The van der Waals surface area contributed by atoms with Crippen LogP contribution in [0.25, 0.3) is 0 Å². The summed E-state index contributed by atoms with van der Waals surface area (Å²) in [6, 6.07) is 0.292. The number of ether oxygens (including phenoxy) is 1. The van der Waals surface area contributed by atoms with Gasteiger partial charge in [0.1, 0.15) is 10.6 Å². The maximum atomic E-state index is 6.15. The fraction of sp³-hybridized carbons (Fsp3) is 0.786. The van der Waals surface area contributed by atoms with Gasteiger partial charge in [0.25, 0.3) is 0 Å². The summed E-state index contributed by atoms with van der Waals surface area (Å²) in [5.41, 5.74) is 7.10. The molecule has 1 heterocycles. The van der Waals surface area contributed by atoms with Crippen LogP contribution < -0.4 is 5.73 Å². The Kier molecular flexibility index (Phi) is 4.41. The molecule has 1 aromatic heterocycles. The summed E-state index contributed by atoms with van der Waals surface area (Å²) in [6.07, 6.45) is 4.50. The maximum absolute atomic E-state index is 6.15. The van der Waals surface area contributed by atoms with Crippen molar-refractivity contribution in [3.63, 3.8) is 0 Å². The van der Waals surface area contributed by atoms with Gasteiger partial charge in [-0.15, -0.1) is 11.3 Å². The van der Waals surface area contributed by atoms with E-state index >= 15 is 0 Å². The molecule has 1 saturated carbocycles. The highest BCUT2D eigenvalue weighted by atomic mass is 32.1. The van der Waals surface area contributed by atoms with Crippen LogP contribution in [0.2, 0.25) is 0 Å². The van der Waals surface area contributed by atoms with Crippen molar-refractivity contribution in [2.24, 2.45) is 5.73 Å². The average Bonchev–Trinajstić information content (AvgIpc) is 2.97. The highest BCUT2D eigenvalue weighted by Crippen LogP contribution is 2.37. The van der Waals surface area contributed by atoms with E-state index in [1.165, 1.54) is 18.5 Å². The van der Waals surface area contributed by atoms with Crippen LogP contribution in [-0.4, -0.2) is 17.6 Å². The Morgan fingerprint density at radius 2 is 2.28 bits per heavy atom. The van der Waals surface area contributed by atoms with Crippen molar-refractivity contribution in [2.75, 3.05) is 6.61 Å². The van der Waals surface area contributed by atoms with Crippen LogP contribution in [0.15, 0.2) is 5.38 Å². The molecule has 3 atom stereocenters. The van der Waals surface area contributed by atoms with Crippen molar-refractivity contribution in [2.45, 2.75) is 64.0 Å². The predicted octanol–water partition coefficient (Wildman–Crippen LogP) is 3.40. The summed E-state index contributed by atoms with van der Waals surface area (Å²) in [5, 5.41) is 3.28. The molecule has 18 heavy (non-hydrogen) atoms. The molecule has 1 aromatic rings. The zero-order valence-corrected chi connectivity index (χ0v) is 12.4. The van der Waals surface area contributed by atoms with Crippen molar-refractivity contribution < 1.29 is 4.74 Å². The lowest BCUT2D eigenvalue weighted by Gasteiger charge is -2.25. The number of nitrogens with zero attached hydrogens (tertiary/aromatic N) is 1. The minimum Gasteiger partial charge on any atom is -0.368 e. The summed E-state index contributed by atoms with van der Waals surface area (Å²) in [4.78, 5) is 4.82. The first kappa shape index (κ1) is 14.0. The lowest BCUT2D eigenvalue weighted by atomic mass is 10.0. The summed E-state index contributed by atoms with van der Waals surface area (Å²) < 4.78 is 5.88. The van der Waals surface area contributed by atoms with Crippen molar-refractivity contribution in [1.82, 2.24) is 4.98 Å². The number of aromatic nitrogens is 1. The van der Waals surface area contributed by atoms with E-state index in [2.05, 4.69) is 19.2 Å². The van der Waals surface area contributed by atoms with Gasteiger partial charge in [-0.1, -0.05) is 13.3 Å². The third-order valence-corrected chi connectivity index (χ3v) is 5.17. The normalized spacial score (nSPS) is 27.3. The second-order valence-electron chi connectivity index (χ2n) is 5.30. The summed E-state index contributed by atoms with van der Waals surface area (Å²) >= 11 is 1.72. The van der Waals surface area contributed by atoms with E-state index in [9.17, 15) is 0 Å². The Hall–Kier alpha value is -0.450. The highest BCUT2D eigenvalue weighted by Gasteiger charge is 2.32. The fourth-order valence-electron chi connectivity index (χ4n) is 2.69. The molecule has 2 rings (SSSR count). The lowest BCUT2D eigenvalue weighted by Crippen LogP contribution is -2.26. The van der Waals surface area contributed by atoms with Crippen LogP contribution in [0.3, 0.4) is 0 Å². The third-order valence-electron chi connectivity index (χ3n) is 4.06. The van der Waals surface area contributed by atoms with E-state index in [1.54, 1.807) is 11.3 Å². The first-order valence-electron chi connectivity index (χ1n) is 6.96. The standard InChI is InChI=1S/C14H24N2OS/c1-4-14(3,17-5-2)13-16-12(9-18-13)10-7-6-8-11(10)15/h9-11H,4-8,15H2,1-3H3. The summed E-state index contributed by atoms with van der Waals surface area (Å²) in [6.45, 7) is 7.04. The van der Waals surface area contributed by atoms with Crippen LogP contribution in [0, 0.1) is 0 Å². The summed E-state index contributed by atoms with van der Waals surface area (Å²) in [7, 11) is 0. The average molecular weight is 268 g/mol. The molecule has 3 unspecified atom stereocenters. The molecular formula is C14H24N2OS. The van der Waals surface area contributed by atoms with Crippen molar-refractivity contribution in [3.8, 4) is 0 Å². The van der Waals surface area contributed by atoms with Crippen LogP contribution in [0.5, 0.6) is 0 Å². The molecule has 4 heteroatoms. The fourth-order valence-corrected chi connectivity index (χ4v) is 3.76. The molecule has 0 spiro atoms. The van der Waals surface area contributed by atoms with Gasteiger partial charge in [-0.3, -0.25) is 0 Å². The van der Waals surface area contributed by atoms with Crippen LogP contribution in [0.4, 0.5) is 0 Å². The molecule has 0 radical (unpaired) electrons. The van der Waals surface area contributed by atoms with Gasteiger partial charge in [-0.2, -0.15) is 0 Å². The predicted molar refractivity (Wildman–Crippen MR) is 76.0 cm³/mol. The van der Waals surface area contributed by atoms with Crippen molar-refractivity contribution in [1.29, 1.82) is 0 Å². The number of hydrogen-bond donors (Lipinski definition) is 1. The van der Waals surface area contributed by atoms with Gasteiger partial charge in [-0.05, 0) is 33.1 Å². The smallest absolute Gasteiger partial charge is 0.125 e. The monoisotopic (exact) mass is 268 g/mol. The minimum absolute atomic E-state index is 0.236. The number of rotatable bonds is 5. The highest BCUT2D eigenvalue weighted by molar-refractivity contribution is 7.09. The Morgan fingerprint density at radius 3 is 2.83 bits per heavy atom. The van der Waals surface area contributed by atoms with E-state index in [1.807, 2.05) is 6.92 Å². The first-order valence-corrected chi connectivity index (χ1v) is 7.84. The topological polar surface area (TPSA) is 48.1 Å². The number of thiazole rings is 1. The molecule has 1 fully saturated rings. The lowest BCUT2D eigenvalue weighted by molar-refractivity contribution is -0.0325. The molecule has 102 valence electrons. The molecule has 0 bridgehead atoms. The molecule has 0 aromatic carbocycles. The van der Waals surface area contributed by atoms with Crippen molar-refractivity contribution >= 4 is 11.3 Å². The Balaban J connectivity index is 2.18. The Bertz CT molecular complexity index is 393. The van der Waals surface area contributed by atoms with Gasteiger partial charge < -0.3 is 10.5 Å². The second kappa shape index (κ2) is 5.68. The van der Waals surface area contributed by atoms with Crippen LogP contribution in [-0.2, 0) is 10.3 Å². The molecule has 2 N–H and O–H groups in total. The van der Waals surface area contributed by atoms with Crippen LogP contribution in [0.1, 0.15) is 63.1 Å². The SMILES string of the molecule is CCOC(C)(CC)c1nc(C2CCCC2N)cs1. The van der Waals surface area contributed by atoms with E-state index in [4.69, 9.17) is 15.5 Å². The largest absolute Gasteiger partial charge is 0.368 e. The molecule has 0 saturated heterocycles. The molecule has 3 nitrogen and oxygen atoms in total. The Morgan fingerprint density at radius 1 is 1.50 bits per heavy atom. The van der Waals surface area contributed by atoms with Gasteiger partial charge in [0.05, 0.1) is 5.69 Å². The van der Waals surface area contributed by atoms with Gasteiger partial charge in [-0.25, -0.2) is 4.98 Å². The van der Waals surface area contributed by atoms with Gasteiger partial charge in [0.2, 0.25) is 0 Å². The van der Waals surface area contributed by atoms with Gasteiger partial charge >= 0.3 is 0 Å². The van der Waals surface area contributed by atoms with E-state index < -0.39 is 0 Å². The Labute approximate surface area is 114 Å². The molecule has 1 aliphatic rings. The van der Waals surface area contributed by atoms with Gasteiger partial charge in [0, 0.05) is 23.9 Å². The van der Waals surface area contributed by atoms with E-state index in [-0.39, 0.29) is 5.60 Å². The van der Waals surface area contributed by atoms with E-state index in [0.29, 0.717) is 12.0 Å². The third kappa shape index (κ3) is 2.60. The number of hydrogen-bond acceptors (Lipinski definition) is 4. The second-order valence-corrected chi connectivity index (χ2v) is 6.15. The molecule has 0 aliphatic heterocycles. The zero-order chi connectivity index (χ0) is 13.2. The molecule has 0 amide bonds. The minimum atomic E-state index is -0.236. The zero-order valence-electron chi connectivity index (χ0n) is 11.6.